The highest BCUT2D eigenvalue weighted by molar-refractivity contribution is 9.10. The van der Waals surface area contributed by atoms with E-state index >= 15 is 0 Å². The predicted octanol–water partition coefficient (Wildman–Crippen LogP) is 3.26. The molecule has 0 saturated heterocycles. The van der Waals surface area contributed by atoms with Gasteiger partial charge in [-0.1, -0.05) is 48.8 Å². The Morgan fingerprint density at radius 3 is 2.39 bits per heavy atom. The molecule has 1 atom stereocenters. The van der Waals surface area contributed by atoms with Crippen molar-refractivity contribution in [1.82, 2.24) is 0 Å². The number of nitrogens with two attached hydrogens (primary N) is 1. The Hall–Kier alpha value is -0.870. The Balaban J connectivity index is 2.40. The van der Waals surface area contributed by atoms with Gasteiger partial charge in [0.05, 0.1) is 6.42 Å². The third-order valence-electron chi connectivity index (χ3n) is 2.81. The summed E-state index contributed by atoms with van der Waals surface area (Å²) in [7, 11) is 0. The van der Waals surface area contributed by atoms with Gasteiger partial charge in [0.15, 0.2) is 0 Å². The summed E-state index contributed by atoms with van der Waals surface area (Å²) in [6, 6.07) is 7.49. The van der Waals surface area contributed by atoms with Crippen molar-refractivity contribution in [2.24, 2.45) is 11.1 Å². The molecule has 18 heavy (non-hydrogen) atoms. The third kappa shape index (κ3) is 5.19. The van der Waals surface area contributed by atoms with Crippen LogP contribution in [-0.4, -0.2) is 12.0 Å². The van der Waals surface area contributed by atoms with E-state index in [0.717, 1.165) is 10.0 Å². The van der Waals surface area contributed by atoms with Crippen LogP contribution >= 0.6 is 15.9 Å². The highest BCUT2D eigenvalue weighted by atomic mass is 79.9. The maximum absolute atomic E-state index is 11.6. The molecular formula is C14H20BrNO2. The monoisotopic (exact) mass is 313 g/mol. The van der Waals surface area contributed by atoms with Crippen LogP contribution in [0.15, 0.2) is 28.7 Å². The molecule has 0 radical (unpaired) electrons. The van der Waals surface area contributed by atoms with Crippen LogP contribution in [0.2, 0.25) is 0 Å². The minimum absolute atomic E-state index is 0.0867. The van der Waals surface area contributed by atoms with Crippen molar-refractivity contribution in [1.29, 1.82) is 0 Å². The highest BCUT2D eigenvalue weighted by Gasteiger charge is 2.23. The van der Waals surface area contributed by atoms with Crippen LogP contribution in [0.1, 0.15) is 32.8 Å². The second kappa shape index (κ2) is 6.34. The molecule has 0 spiro atoms. The van der Waals surface area contributed by atoms with E-state index in [-0.39, 0.29) is 23.8 Å². The lowest BCUT2D eigenvalue weighted by Gasteiger charge is -2.26. The third-order valence-corrected chi connectivity index (χ3v) is 3.34. The number of esters is 1. The Labute approximate surface area is 117 Å². The molecule has 1 aromatic carbocycles. The van der Waals surface area contributed by atoms with Crippen LogP contribution < -0.4 is 5.73 Å². The molecule has 0 amide bonds. The van der Waals surface area contributed by atoms with Crippen LogP contribution in [0.5, 0.6) is 0 Å². The lowest BCUT2D eigenvalue weighted by Crippen LogP contribution is -2.37. The molecule has 0 aliphatic rings. The van der Waals surface area contributed by atoms with Gasteiger partial charge in [0, 0.05) is 10.5 Å². The molecule has 1 rings (SSSR count). The number of rotatable bonds is 4. The first-order valence-electron chi connectivity index (χ1n) is 5.94. The normalized spacial score (nSPS) is 13.2. The molecule has 0 heterocycles. The minimum atomic E-state index is -0.250. The molecule has 4 heteroatoms. The molecular weight excluding hydrogens is 294 g/mol. The summed E-state index contributed by atoms with van der Waals surface area (Å²) >= 11 is 3.36. The molecule has 100 valence electrons. The largest absolute Gasteiger partial charge is 0.461 e. The quantitative estimate of drug-likeness (QED) is 0.868. The Morgan fingerprint density at radius 2 is 1.89 bits per heavy atom. The predicted molar refractivity (Wildman–Crippen MR) is 76.0 cm³/mol. The van der Waals surface area contributed by atoms with Gasteiger partial charge in [-0.2, -0.15) is 0 Å². The zero-order valence-corrected chi connectivity index (χ0v) is 12.7. The van der Waals surface area contributed by atoms with Crippen molar-refractivity contribution in [3.63, 3.8) is 0 Å². The SMILES string of the molecule is CC(C)(C)C(N)CC(=O)OCc1ccc(Br)cc1. The van der Waals surface area contributed by atoms with Crippen molar-refractivity contribution in [2.75, 3.05) is 0 Å². The maximum Gasteiger partial charge on any atom is 0.307 e. The van der Waals surface area contributed by atoms with Gasteiger partial charge in [-0.15, -0.1) is 0 Å². The summed E-state index contributed by atoms with van der Waals surface area (Å²) < 4.78 is 6.21. The average Bonchev–Trinajstić information content (AvgIpc) is 2.27. The average molecular weight is 314 g/mol. The van der Waals surface area contributed by atoms with Crippen LogP contribution in [0.4, 0.5) is 0 Å². The molecule has 0 bridgehead atoms. The fourth-order valence-corrected chi connectivity index (χ4v) is 1.55. The fraction of sp³-hybridized carbons (Fsp3) is 0.500. The summed E-state index contributed by atoms with van der Waals surface area (Å²) in [5.41, 5.74) is 6.82. The number of ether oxygens (including phenoxy) is 1. The van der Waals surface area contributed by atoms with E-state index in [0.29, 0.717) is 6.61 Å². The van der Waals surface area contributed by atoms with E-state index in [4.69, 9.17) is 10.5 Å². The number of carbonyl (C=O) groups is 1. The molecule has 2 N–H and O–H groups in total. The van der Waals surface area contributed by atoms with Crippen molar-refractivity contribution in [3.8, 4) is 0 Å². The van der Waals surface area contributed by atoms with Crippen molar-refractivity contribution in [3.05, 3.63) is 34.3 Å². The van der Waals surface area contributed by atoms with E-state index < -0.39 is 0 Å². The molecule has 0 aromatic heterocycles. The van der Waals surface area contributed by atoms with Gasteiger partial charge in [0.1, 0.15) is 6.61 Å². The first kappa shape index (κ1) is 15.2. The summed E-state index contributed by atoms with van der Waals surface area (Å²) in [6.07, 6.45) is 0.250. The molecule has 0 aliphatic heterocycles. The van der Waals surface area contributed by atoms with Gasteiger partial charge < -0.3 is 10.5 Å². The number of benzene rings is 1. The maximum atomic E-state index is 11.6. The zero-order chi connectivity index (χ0) is 13.8. The topological polar surface area (TPSA) is 52.3 Å². The van der Waals surface area contributed by atoms with Gasteiger partial charge in [-0.3, -0.25) is 4.79 Å². The van der Waals surface area contributed by atoms with Crippen LogP contribution in [-0.2, 0) is 16.1 Å². The second-order valence-corrected chi connectivity index (χ2v) is 6.38. The van der Waals surface area contributed by atoms with Gasteiger partial charge in [-0.25, -0.2) is 0 Å². The summed E-state index contributed by atoms with van der Waals surface area (Å²) in [6.45, 7) is 6.34. The van der Waals surface area contributed by atoms with Crippen molar-refractivity contribution >= 4 is 21.9 Å². The molecule has 1 unspecified atom stereocenters. The summed E-state index contributed by atoms with van der Waals surface area (Å²) in [5.74, 6) is -0.250. The second-order valence-electron chi connectivity index (χ2n) is 5.46. The minimum Gasteiger partial charge on any atom is -0.461 e. The number of carbonyl (C=O) groups excluding carboxylic acids is 1. The lowest BCUT2D eigenvalue weighted by atomic mass is 9.85. The lowest BCUT2D eigenvalue weighted by molar-refractivity contribution is -0.146. The molecule has 1 aromatic rings. The van der Waals surface area contributed by atoms with Crippen LogP contribution in [0, 0.1) is 5.41 Å². The smallest absolute Gasteiger partial charge is 0.307 e. The zero-order valence-electron chi connectivity index (χ0n) is 11.1. The molecule has 3 nitrogen and oxygen atoms in total. The van der Waals surface area contributed by atoms with Crippen molar-refractivity contribution < 1.29 is 9.53 Å². The number of halogens is 1. The first-order chi connectivity index (χ1) is 8.29. The summed E-state index contributed by atoms with van der Waals surface area (Å²) in [4.78, 5) is 11.6. The summed E-state index contributed by atoms with van der Waals surface area (Å²) in [5, 5.41) is 0. The van der Waals surface area contributed by atoms with Gasteiger partial charge in [0.2, 0.25) is 0 Å². The van der Waals surface area contributed by atoms with E-state index in [1.807, 2.05) is 45.0 Å². The van der Waals surface area contributed by atoms with Gasteiger partial charge >= 0.3 is 5.97 Å². The van der Waals surface area contributed by atoms with Gasteiger partial charge in [-0.05, 0) is 23.1 Å². The highest BCUT2D eigenvalue weighted by Crippen LogP contribution is 2.20. The molecule has 0 aliphatic carbocycles. The molecule has 0 saturated carbocycles. The standard InChI is InChI=1S/C14H20BrNO2/c1-14(2,3)12(16)8-13(17)18-9-10-4-6-11(15)7-5-10/h4-7,12H,8-9,16H2,1-3H3. The van der Waals surface area contributed by atoms with Crippen LogP contribution in [0.25, 0.3) is 0 Å². The van der Waals surface area contributed by atoms with E-state index in [1.165, 1.54) is 0 Å². The number of hydrogen-bond donors (Lipinski definition) is 1. The van der Waals surface area contributed by atoms with E-state index in [1.54, 1.807) is 0 Å². The fourth-order valence-electron chi connectivity index (χ4n) is 1.29. The van der Waals surface area contributed by atoms with Gasteiger partial charge in [0.25, 0.3) is 0 Å². The van der Waals surface area contributed by atoms with E-state index in [2.05, 4.69) is 15.9 Å². The van der Waals surface area contributed by atoms with Crippen LogP contribution in [0.3, 0.4) is 0 Å². The Kier molecular flexibility index (Phi) is 5.35. The Morgan fingerprint density at radius 1 is 1.33 bits per heavy atom. The van der Waals surface area contributed by atoms with Crippen molar-refractivity contribution in [2.45, 2.75) is 39.8 Å². The molecule has 0 fully saturated rings. The first-order valence-corrected chi connectivity index (χ1v) is 6.74. The van der Waals surface area contributed by atoms with E-state index in [9.17, 15) is 4.79 Å². The number of hydrogen-bond acceptors (Lipinski definition) is 3. The Bertz CT molecular complexity index is 395.